The first-order valence-corrected chi connectivity index (χ1v) is 6.80. The Morgan fingerprint density at radius 2 is 2.29 bits per heavy atom. The number of carbonyl (C=O) groups excluding carboxylic acids is 1. The van der Waals surface area contributed by atoms with Crippen molar-refractivity contribution < 1.29 is 4.79 Å². The zero-order valence-corrected chi connectivity index (χ0v) is 12.0. The number of anilines is 1. The Bertz CT molecular complexity index is 570. The van der Waals surface area contributed by atoms with Gasteiger partial charge in [0.05, 0.1) is 10.0 Å². The van der Waals surface area contributed by atoms with Crippen LogP contribution in [0, 0.1) is 6.92 Å². The first kappa shape index (κ1) is 12.5. The molecule has 6 heteroatoms. The normalized spacial score (nSPS) is 10.3. The van der Waals surface area contributed by atoms with E-state index in [4.69, 9.17) is 11.6 Å². The largest absolute Gasteiger partial charge is 0.321 e. The molecule has 88 valence electrons. The minimum absolute atomic E-state index is 0.219. The molecule has 0 aliphatic carbocycles. The molecule has 0 saturated carbocycles. The van der Waals surface area contributed by atoms with Crippen molar-refractivity contribution in [1.82, 2.24) is 4.98 Å². The smallest absolute Gasteiger partial charge is 0.275 e. The number of aromatic nitrogens is 1. The minimum Gasteiger partial charge on any atom is -0.321 e. The van der Waals surface area contributed by atoms with Gasteiger partial charge < -0.3 is 5.32 Å². The van der Waals surface area contributed by atoms with E-state index in [0.717, 1.165) is 9.48 Å². The number of nitrogens with zero attached hydrogens (tertiary/aromatic N) is 1. The van der Waals surface area contributed by atoms with E-state index < -0.39 is 0 Å². The highest BCUT2D eigenvalue weighted by Crippen LogP contribution is 2.25. The summed E-state index contributed by atoms with van der Waals surface area (Å²) in [5, 5.41) is 5.96. The first-order valence-electron chi connectivity index (χ1n) is 4.75. The van der Waals surface area contributed by atoms with E-state index in [9.17, 15) is 4.79 Å². The summed E-state index contributed by atoms with van der Waals surface area (Å²) in [7, 11) is 0. The summed E-state index contributed by atoms with van der Waals surface area (Å²) in [6.45, 7) is 1.86. The molecule has 1 heterocycles. The zero-order valence-electron chi connectivity index (χ0n) is 8.83. The summed E-state index contributed by atoms with van der Waals surface area (Å²) in [6, 6.07) is 5.21. The molecule has 0 radical (unpaired) electrons. The Balaban J connectivity index is 2.15. The van der Waals surface area contributed by atoms with Gasteiger partial charge in [-0.25, -0.2) is 4.98 Å². The third-order valence-corrected chi connectivity index (χ3v) is 4.02. The molecule has 0 saturated heterocycles. The molecule has 0 spiro atoms. The van der Waals surface area contributed by atoms with Gasteiger partial charge in [-0.15, -0.1) is 11.3 Å². The zero-order chi connectivity index (χ0) is 12.4. The molecule has 0 bridgehead atoms. The fourth-order valence-electron chi connectivity index (χ4n) is 1.24. The maximum atomic E-state index is 11.8. The van der Waals surface area contributed by atoms with Gasteiger partial charge >= 0.3 is 0 Å². The number of hydrogen-bond donors (Lipinski definition) is 1. The molecule has 1 aromatic heterocycles. The molecule has 1 amide bonds. The molecule has 1 aromatic carbocycles. The van der Waals surface area contributed by atoms with Gasteiger partial charge in [-0.2, -0.15) is 0 Å². The van der Waals surface area contributed by atoms with Crippen LogP contribution in [0.4, 0.5) is 5.69 Å². The van der Waals surface area contributed by atoms with E-state index in [1.54, 1.807) is 23.6 Å². The van der Waals surface area contributed by atoms with Crippen molar-refractivity contribution in [3.63, 3.8) is 0 Å². The van der Waals surface area contributed by atoms with Crippen LogP contribution in [0.1, 0.15) is 15.5 Å². The van der Waals surface area contributed by atoms with Crippen molar-refractivity contribution in [2.45, 2.75) is 6.92 Å². The second kappa shape index (κ2) is 5.16. The topological polar surface area (TPSA) is 42.0 Å². The van der Waals surface area contributed by atoms with E-state index in [1.165, 1.54) is 11.3 Å². The highest BCUT2D eigenvalue weighted by molar-refractivity contribution is 9.10. The number of aryl methyl sites for hydroxylation is 1. The molecule has 2 rings (SSSR count). The van der Waals surface area contributed by atoms with Gasteiger partial charge in [-0.3, -0.25) is 4.79 Å². The summed E-state index contributed by atoms with van der Waals surface area (Å²) in [5.41, 5.74) is 1.11. The Morgan fingerprint density at radius 3 is 2.88 bits per heavy atom. The molecule has 0 aliphatic heterocycles. The van der Waals surface area contributed by atoms with Crippen molar-refractivity contribution in [2.24, 2.45) is 0 Å². The van der Waals surface area contributed by atoms with Crippen molar-refractivity contribution >= 4 is 50.5 Å². The van der Waals surface area contributed by atoms with E-state index in [2.05, 4.69) is 26.2 Å². The Kier molecular flexibility index (Phi) is 3.81. The molecule has 3 nitrogen and oxygen atoms in total. The highest BCUT2D eigenvalue weighted by atomic mass is 79.9. The van der Waals surface area contributed by atoms with Gasteiger partial charge in [-0.05, 0) is 41.1 Å². The molecule has 17 heavy (non-hydrogen) atoms. The van der Waals surface area contributed by atoms with Crippen LogP contribution in [-0.4, -0.2) is 10.9 Å². The lowest BCUT2D eigenvalue weighted by Gasteiger charge is -2.04. The molecular formula is C11H8BrClN2OS. The highest BCUT2D eigenvalue weighted by Gasteiger charge is 2.10. The van der Waals surface area contributed by atoms with Crippen molar-refractivity contribution in [3.05, 3.63) is 43.8 Å². The number of thiazole rings is 1. The predicted molar refractivity (Wildman–Crippen MR) is 74.0 cm³/mol. The number of benzene rings is 1. The number of amides is 1. The van der Waals surface area contributed by atoms with Crippen LogP contribution in [-0.2, 0) is 0 Å². The second-order valence-electron chi connectivity index (χ2n) is 3.33. The fourth-order valence-corrected chi connectivity index (χ4v) is 2.33. The van der Waals surface area contributed by atoms with Crippen molar-refractivity contribution in [3.8, 4) is 0 Å². The van der Waals surface area contributed by atoms with Gasteiger partial charge in [0, 0.05) is 15.5 Å². The lowest BCUT2D eigenvalue weighted by molar-refractivity contribution is 0.102. The quantitative estimate of drug-likeness (QED) is 0.899. The molecule has 0 aliphatic rings. The molecule has 0 fully saturated rings. The predicted octanol–water partition coefficient (Wildman–Crippen LogP) is 4.12. The lowest BCUT2D eigenvalue weighted by Crippen LogP contribution is -2.12. The van der Waals surface area contributed by atoms with Crippen LogP contribution >= 0.6 is 38.9 Å². The maximum Gasteiger partial charge on any atom is 0.275 e. The number of hydrogen-bond acceptors (Lipinski definition) is 3. The van der Waals surface area contributed by atoms with Gasteiger partial charge in [0.15, 0.2) is 0 Å². The Labute approximate surface area is 116 Å². The number of rotatable bonds is 2. The monoisotopic (exact) mass is 330 g/mol. The van der Waals surface area contributed by atoms with Gasteiger partial charge in [0.25, 0.3) is 5.91 Å². The van der Waals surface area contributed by atoms with Crippen molar-refractivity contribution in [2.75, 3.05) is 5.32 Å². The molecule has 0 unspecified atom stereocenters. The Hall–Kier alpha value is -0.910. The number of nitrogens with one attached hydrogen (secondary N) is 1. The Morgan fingerprint density at radius 1 is 1.53 bits per heavy atom. The molecule has 1 N–H and O–H groups in total. The van der Waals surface area contributed by atoms with Crippen LogP contribution in [0.15, 0.2) is 28.1 Å². The van der Waals surface area contributed by atoms with E-state index in [0.29, 0.717) is 16.4 Å². The SMILES string of the molecule is Cc1nc(C(=O)Nc2ccc(Cl)c(Br)c2)cs1. The average Bonchev–Trinajstić information content (AvgIpc) is 2.70. The third kappa shape index (κ3) is 3.06. The molecule has 2 aromatic rings. The van der Waals surface area contributed by atoms with Crippen molar-refractivity contribution in [1.29, 1.82) is 0 Å². The van der Waals surface area contributed by atoms with Gasteiger partial charge in [0.1, 0.15) is 5.69 Å². The van der Waals surface area contributed by atoms with Gasteiger partial charge in [-0.1, -0.05) is 11.6 Å². The third-order valence-electron chi connectivity index (χ3n) is 2.03. The lowest BCUT2D eigenvalue weighted by atomic mass is 10.3. The first-order chi connectivity index (χ1) is 8.06. The van der Waals surface area contributed by atoms with Crippen LogP contribution in [0.5, 0.6) is 0 Å². The average molecular weight is 332 g/mol. The van der Waals surface area contributed by atoms with Crippen LogP contribution in [0.2, 0.25) is 5.02 Å². The molecule has 0 atom stereocenters. The van der Waals surface area contributed by atoms with Gasteiger partial charge in [0.2, 0.25) is 0 Å². The summed E-state index contributed by atoms with van der Waals surface area (Å²) < 4.78 is 0.742. The summed E-state index contributed by atoms with van der Waals surface area (Å²) in [6.07, 6.45) is 0. The number of halogens is 2. The molecular weight excluding hydrogens is 324 g/mol. The maximum absolute atomic E-state index is 11.8. The second-order valence-corrected chi connectivity index (χ2v) is 5.66. The van der Waals surface area contributed by atoms with E-state index in [1.807, 2.05) is 6.92 Å². The minimum atomic E-state index is -0.219. The van der Waals surface area contributed by atoms with Crippen LogP contribution in [0.3, 0.4) is 0 Å². The summed E-state index contributed by atoms with van der Waals surface area (Å²) >= 11 is 10.6. The fraction of sp³-hybridized carbons (Fsp3) is 0.0909. The van der Waals surface area contributed by atoms with Crippen LogP contribution in [0.25, 0.3) is 0 Å². The van der Waals surface area contributed by atoms with Crippen LogP contribution < -0.4 is 5.32 Å². The summed E-state index contributed by atoms with van der Waals surface area (Å²) in [4.78, 5) is 15.9. The standard InChI is InChI=1S/C11H8BrClN2OS/c1-6-14-10(5-17-6)11(16)15-7-2-3-9(13)8(12)4-7/h2-5H,1H3,(H,15,16). The van der Waals surface area contributed by atoms with E-state index in [-0.39, 0.29) is 5.91 Å². The number of carbonyl (C=O) groups is 1. The summed E-state index contributed by atoms with van der Waals surface area (Å²) in [5.74, 6) is -0.219. The van der Waals surface area contributed by atoms with E-state index >= 15 is 0 Å².